The van der Waals surface area contributed by atoms with Gasteiger partial charge in [0.05, 0.1) is 0 Å². The molecule has 0 radical (unpaired) electrons. The molecule has 0 amide bonds. The van der Waals surface area contributed by atoms with E-state index in [4.69, 9.17) is 0 Å². The molecule has 0 aromatic heterocycles. The van der Waals surface area contributed by atoms with Gasteiger partial charge in [0.2, 0.25) is 0 Å². The van der Waals surface area contributed by atoms with Gasteiger partial charge >= 0.3 is 0 Å². The molecule has 1 heterocycles. The molecule has 0 aliphatic carbocycles. The monoisotopic (exact) mass is 204 g/mol. The first kappa shape index (κ1) is 11.1. The number of hydrogen-bond acceptors (Lipinski definition) is 3. The van der Waals surface area contributed by atoms with Crippen molar-refractivity contribution in [2.45, 2.75) is 18.9 Å². The Labute approximate surface area is 83.3 Å². The third-order valence-corrected chi connectivity index (χ3v) is 3.76. The maximum atomic E-state index is 11.1. The molecule has 0 bridgehead atoms. The van der Waals surface area contributed by atoms with E-state index in [9.17, 15) is 4.21 Å². The van der Waals surface area contributed by atoms with Crippen LogP contribution >= 0.6 is 0 Å². The quantitative estimate of drug-likeness (QED) is 0.702. The number of nitrogens with one attached hydrogen (secondary N) is 1. The second-order valence-corrected chi connectivity index (χ2v) is 5.58. The summed E-state index contributed by atoms with van der Waals surface area (Å²) < 4.78 is 11.1. The lowest BCUT2D eigenvalue weighted by Gasteiger charge is -2.23. The van der Waals surface area contributed by atoms with Gasteiger partial charge in [-0.25, -0.2) is 0 Å². The zero-order chi connectivity index (χ0) is 9.68. The molecule has 0 saturated carbocycles. The van der Waals surface area contributed by atoms with Crippen LogP contribution in [0.15, 0.2) is 0 Å². The molecule has 13 heavy (non-hydrogen) atoms. The third kappa shape index (κ3) is 4.74. The van der Waals surface area contributed by atoms with E-state index in [-0.39, 0.29) is 0 Å². The molecule has 0 spiro atoms. The molecule has 1 N–H and O–H groups in total. The van der Waals surface area contributed by atoms with Gasteiger partial charge in [0.15, 0.2) is 0 Å². The molecule has 1 fully saturated rings. The molecule has 1 rings (SSSR count). The Hall–Kier alpha value is 0.0700. The molecule has 0 unspecified atom stereocenters. The van der Waals surface area contributed by atoms with Crippen molar-refractivity contribution in [1.82, 2.24) is 10.2 Å². The van der Waals surface area contributed by atoms with Gasteiger partial charge < -0.3 is 10.2 Å². The summed E-state index contributed by atoms with van der Waals surface area (Å²) in [4.78, 5) is 2.17. The lowest BCUT2D eigenvalue weighted by molar-refractivity contribution is 0.375. The average Bonchev–Trinajstić information content (AvgIpc) is 2.08. The predicted octanol–water partition coefficient (Wildman–Crippen LogP) is 0.0487. The number of rotatable bonds is 4. The first-order chi connectivity index (χ1) is 6.18. The van der Waals surface area contributed by atoms with Crippen LogP contribution in [0.5, 0.6) is 0 Å². The van der Waals surface area contributed by atoms with Crippen molar-refractivity contribution in [3.8, 4) is 0 Å². The van der Waals surface area contributed by atoms with Gasteiger partial charge in [-0.15, -0.1) is 0 Å². The summed E-state index contributed by atoms with van der Waals surface area (Å²) in [5.41, 5.74) is 0. The van der Waals surface area contributed by atoms with Crippen molar-refractivity contribution in [1.29, 1.82) is 0 Å². The zero-order valence-electron chi connectivity index (χ0n) is 8.58. The van der Waals surface area contributed by atoms with Gasteiger partial charge in [0, 0.05) is 41.4 Å². The Morgan fingerprint density at radius 3 is 2.54 bits per heavy atom. The fourth-order valence-electron chi connectivity index (χ4n) is 1.49. The zero-order valence-corrected chi connectivity index (χ0v) is 9.40. The molecule has 4 heteroatoms. The van der Waals surface area contributed by atoms with Crippen LogP contribution in [0.3, 0.4) is 0 Å². The third-order valence-electron chi connectivity index (χ3n) is 2.38. The summed E-state index contributed by atoms with van der Waals surface area (Å²) in [6, 6.07) is 0.609. The average molecular weight is 204 g/mol. The van der Waals surface area contributed by atoms with Crippen molar-refractivity contribution < 1.29 is 4.21 Å². The molecule has 1 aliphatic heterocycles. The van der Waals surface area contributed by atoms with Crippen LogP contribution in [0, 0.1) is 0 Å². The Morgan fingerprint density at radius 1 is 1.38 bits per heavy atom. The SMILES string of the molecule is CN(C)CCNC1CCS(=O)CC1. The molecule has 0 atom stereocenters. The largest absolute Gasteiger partial charge is 0.313 e. The van der Waals surface area contributed by atoms with Crippen molar-refractivity contribution in [3.05, 3.63) is 0 Å². The normalized spacial score (nSPS) is 29.5. The predicted molar refractivity (Wildman–Crippen MR) is 57.5 cm³/mol. The van der Waals surface area contributed by atoms with E-state index in [2.05, 4.69) is 24.3 Å². The Bertz CT molecular complexity index is 163. The highest BCUT2D eigenvalue weighted by atomic mass is 32.2. The topological polar surface area (TPSA) is 32.3 Å². The lowest BCUT2D eigenvalue weighted by atomic mass is 10.1. The summed E-state index contributed by atoms with van der Waals surface area (Å²) in [5.74, 6) is 1.78. The van der Waals surface area contributed by atoms with E-state index in [1.807, 2.05) is 0 Å². The van der Waals surface area contributed by atoms with E-state index < -0.39 is 10.8 Å². The molecule has 1 saturated heterocycles. The lowest BCUT2D eigenvalue weighted by Crippen LogP contribution is -2.39. The second kappa shape index (κ2) is 5.73. The maximum absolute atomic E-state index is 11.1. The first-order valence-electron chi connectivity index (χ1n) is 4.91. The van der Waals surface area contributed by atoms with Gasteiger partial charge in [-0.1, -0.05) is 0 Å². The first-order valence-corrected chi connectivity index (χ1v) is 6.40. The van der Waals surface area contributed by atoms with Crippen LogP contribution in [0.25, 0.3) is 0 Å². The van der Waals surface area contributed by atoms with Crippen molar-refractivity contribution in [2.75, 3.05) is 38.7 Å². The molecule has 3 nitrogen and oxygen atoms in total. The molecular weight excluding hydrogens is 184 g/mol. The van der Waals surface area contributed by atoms with Gasteiger partial charge in [-0.05, 0) is 26.9 Å². The minimum absolute atomic E-state index is 0.526. The summed E-state index contributed by atoms with van der Waals surface area (Å²) in [6.45, 7) is 2.13. The van der Waals surface area contributed by atoms with Gasteiger partial charge in [0.25, 0.3) is 0 Å². The van der Waals surface area contributed by atoms with Crippen molar-refractivity contribution in [3.63, 3.8) is 0 Å². The minimum atomic E-state index is -0.526. The minimum Gasteiger partial charge on any atom is -0.313 e. The Kier molecular flexibility index (Phi) is 4.91. The Morgan fingerprint density at radius 2 is 2.00 bits per heavy atom. The second-order valence-electron chi connectivity index (χ2n) is 3.88. The van der Waals surface area contributed by atoms with E-state index in [0.717, 1.165) is 37.4 Å². The van der Waals surface area contributed by atoms with Crippen LogP contribution in [-0.2, 0) is 10.8 Å². The van der Waals surface area contributed by atoms with E-state index >= 15 is 0 Å². The Balaban J connectivity index is 2.05. The van der Waals surface area contributed by atoms with Gasteiger partial charge in [-0.2, -0.15) is 0 Å². The summed E-state index contributed by atoms with van der Waals surface area (Å²) >= 11 is 0. The van der Waals surface area contributed by atoms with E-state index in [0.29, 0.717) is 6.04 Å². The van der Waals surface area contributed by atoms with Crippen LogP contribution < -0.4 is 5.32 Å². The standard InChI is InChI=1S/C9H20N2OS/c1-11(2)6-5-10-9-3-7-13(12)8-4-9/h9-10H,3-8H2,1-2H3. The smallest absolute Gasteiger partial charge is 0.0249 e. The maximum Gasteiger partial charge on any atom is 0.0249 e. The van der Waals surface area contributed by atoms with E-state index in [1.165, 1.54) is 0 Å². The molecular formula is C9H20N2OS. The van der Waals surface area contributed by atoms with Crippen LogP contribution in [0.4, 0.5) is 0 Å². The fraction of sp³-hybridized carbons (Fsp3) is 1.00. The number of likely N-dealkylation sites (N-methyl/N-ethyl adjacent to an activating group) is 1. The molecule has 0 aromatic rings. The highest BCUT2D eigenvalue weighted by Crippen LogP contribution is 2.08. The summed E-state index contributed by atoms with van der Waals surface area (Å²) in [7, 11) is 3.64. The summed E-state index contributed by atoms with van der Waals surface area (Å²) in [5, 5.41) is 3.50. The molecule has 1 aliphatic rings. The van der Waals surface area contributed by atoms with Crippen LogP contribution in [0.1, 0.15) is 12.8 Å². The van der Waals surface area contributed by atoms with Gasteiger partial charge in [0.1, 0.15) is 0 Å². The van der Waals surface area contributed by atoms with Crippen LogP contribution in [0.2, 0.25) is 0 Å². The van der Waals surface area contributed by atoms with Gasteiger partial charge in [-0.3, -0.25) is 4.21 Å². The van der Waals surface area contributed by atoms with Crippen molar-refractivity contribution >= 4 is 10.8 Å². The van der Waals surface area contributed by atoms with Crippen LogP contribution in [-0.4, -0.2) is 53.8 Å². The van der Waals surface area contributed by atoms with E-state index in [1.54, 1.807) is 0 Å². The summed E-state index contributed by atoms with van der Waals surface area (Å²) in [6.07, 6.45) is 2.17. The molecule has 0 aromatic carbocycles. The fourth-order valence-corrected chi connectivity index (χ4v) is 2.79. The molecule has 78 valence electrons. The highest BCUT2D eigenvalue weighted by molar-refractivity contribution is 7.85. The number of hydrogen-bond donors (Lipinski definition) is 1. The number of nitrogens with zero attached hydrogens (tertiary/aromatic N) is 1. The highest BCUT2D eigenvalue weighted by Gasteiger charge is 2.16. The van der Waals surface area contributed by atoms with Crippen molar-refractivity contribution in [2.24, 2.45) is 0 Å².